The molecule has 5 rings (SSSR count). The monoisotopic (exact) mass is 378 g/mol. The largest absolute Gasteiger partial charge is 0.460 e. The van der Waals surface area contributed by atoms with Crippen molar-refractivity contribution in [3.8, 4) is 0 Å². The van der Waals surface area contributed by atoms with E-state index in [1.165, 1.54) is 0 Å². The second kappa shape index (κ2) is 6.48. The standard InChI is InChI=1S/C22H26N4O2/c1-25(2)21-23-19-17(20(27)24-21)8-10-22(19)9-5-11-26(14-22)13-16-12-15-6-3-4-7-18(15)28-16/h3-4,6-7,12H,5,8-11,13-14H2,1-2H3,(H,23,24,27). The molecule has 3 aromatic rings. The fourth-order valence-corrected chi connectivity index (χ4v) is 4.95. The highest BCUT2D eigenvalue weighted by Crippen LogP contribution is 2.43. The maximum absolute atomic E-state index is 12.6. The molecular formula is C22H26N4O2. The van der Waals surface area contributed by atoms with Crippen molar-refractivity contribution in [1.82, 2.24) is 14.9 Å². The molecule has 1 atom stereocenters. The van der Waals surface area contributed by atoms with Crippen molar-refractivity contribution >= 4 is 16.9 Å². The molecule has 3 heterocycles. The molecule has 1 aliphatic carbocycles. The topological polar surface area (TPSA) is 65.4 Å². The zero-order valence-electron chi connectivity index (χ0n) is 16.5. The number of para-hydroxylation sites is 1. The molecule has 0 saturated carbocycles. The van der Waals surface area contributed by atoms with Gasteiger partial charge in [0, 0.05) is 37.0 Å². The molecule has 0 amide bonds. The fraction of sp³-hybridized carbons (Fsp3) is 0.455. The molecule has 1 fully saturated rings. The van der Waals surface area contributed by atoms with Gasteiger partial charge in [-0.05, 0) is 44.4 Å². The van der Waals surface area contributed by atoms with Crippen LogP contribution in [0.1, 0.15) is 36.3 Å². The molecular weight excluding hydrogens is 352 g/mol. The van der Waals surface area contributed by atoms with Crippen LogP contribution in [0.15, 0.2) is 39.5 Å². The van der Waals surface area contributed by atoms with Gasteiger partial charge in [-0.3, -0.25) is 14.7 Å². The van der Waals surface area contributed by atoms with Crippen LogP contribution in [-0.4, -0.2) is 42.1 Å². The minimum absolute atomic E-state index is 0.0153. The minimum atomic E-state index is -0.0153. The molecule has 1 aliphatic heterocycles. The highest BCUT2D eigenvalue weighted by Gasteiger charge is 2.44. The summed E-state index contributed by atoms with van der Waals surface area (Å²) >= 11 is 0. The third-order valence-corrected chi connectivity index (χ3v) is 6.29. The number of rotatable bonds is 3. The van der Waals surface area contributed by atoms with E-state index < -0.39 is 0 Å². The highest BCUT2D eigenvalue weighted by atomic mass is 16.3. The Balaban J connectivity index is 1.44. The lowest BCUT2D eigenvalue weighted by atomic mass is 9.77. The number of nitrogens with one attached hydrogen (secondary N) is 1. The number of aromatic nitrogens is 2. The van der Waals surface area contributed by atoms with Gasteiger partial charge in [0.15, 0.2) is 0 Å². The first-order valence-electron chi connectivity index (χ1n) is 10.0. The Hall–Kier alpha value is -2.60. The summed E-state index contributed by atoms with van der Waals surface area (Å²) in [6.07, 6.45) is 4.04. The zero-order chi connectivity index (χ0) is 19.3. The Bertz CT molecular complexity index is 1050. The summed E-state index contributed by atoms with van der Waals surface area (Å²) in [5.41, 5.74) is 2.86. The van der Waals surface area contributed by atoms with Crippen molar-refractivity contribution in [3.05, 3.63) is 57.7 Å². The zero-order valence-corrected chi connectivity index (χ0v) is 16.5. The summed E-state index contributed by atoms with van der Waals surface area (Å²) in [7, 11) is 3.84. The van der Waals surface area contributed by atoms with Gasteiger partial charge < -0.3 is 9.32 Å². The number of fused-ring (bicyclic) bond motifs is 3. The highest BCUT2D eigenvalue weighted by molar-refractivity contribution is 5.77. The lowest BCUT2D eigenvalue weighted by Crippen LogP contribution is -2.45. The molecule has 28 heavy (non-hydrogen) atoms. The summed E-state index contributed by atoms with van der Waals surface area (Å²) in [5, 5.41) is 1.15. The first-order chi connectivity index (χ1) is 13.5. The average Bonchev–Trinajstić information content (AvgIpc) is 3.23. The van der Waals surface area contributed by atoms with Crippen molar-refractivity contribution in [1.29, 1.82) is 0 Å². The first kappa shape index (κ1) is 17.5. The van der Waals surface area contributed by atoms with Crippen LogP contribution in [0, 0.1) is 0 Å². The van der Waals surface area contributed by atoms with E-state index >= 15 is 0 Å². The quantitative estimate of drug-likeness (QED) is 0.759. The first-order valence-corrected chi connectivity index (χ1v) is 10.0. The number of hydrogen-bond acceptors (Lipinski definition) is 5. The Morgan fingerprint density at radius 2 is 2.14 bits per heavy atom. The van der Waals surface area contributed by atoms with Crippen LogP contribution in [0.25, 0.3) is 11.0 Å². The molecule has 6 heteroatoms. The van der Waals surface area contributed by atoms with E-state index in [1.54, 1.807) is 0 Å². The van der Waals surface area contributed by atoms with Crippen LogP contribution < -0.4 is 10.5 Å². The summed E-state index contributed by atoms with van der Waals surface area (Å²) in [4.78, 5) is 24.7. The van der Waals surface area contributed by atoms with E-state index in [0.29, 0.717) is 5.95 Å². The number of aromatic amines is 1. The van der Waals surface area contributed by atoms with E-state index in [0.717, 1.165) is 73.3 Å². The second-order valence-electron chi connectivity index (χ2n) is 8.46. The van der Waals surface area contributed by atoms with E-state index in [-0.39, 0.29) is 11.0 Å². The van der Waals surface area contributed by atoms with Crippen molar-refractivity contribution in [2.45, 2.75) is 37.6 Å². The number of anilines is 1. The van der Waals surface area contributed by atoms with E-state index in [9.17, 15) is 4.79 Å². The lowest BCUT2D eigenvalue weighted by molar-refractivity contribution is 0.129. The van der Waals surface area contributed by atoms with Crippen LogP contribution in [0.3, 0.4) is 0 Å². The van der Waals surface area contributed by atoms with Gasteiger partial charge in [-0.15, -0.1) is 0 Å². The van der Waals surface area contributed by atoms with Crippen molar-refractivity contribution in [2.75, 3.05) is 32.1 Å². The Kier molecular flexibility index (Phi) is 4.05. The Labute approximate surface area is 164 Å². The molecule has 1 N–H and O–H groups in total. The van der Waals surface area contributed by atoms with Crippen LogP contribution >= 0.6 is 0 Å². The number of hydrogen-bond donors (Lipinski definition) is 1. The van der Waals surface area contributed by atoms with E-state index in [2.05, 4.69) is 22.0 Å². The molecule has 6 nitrogen and oxygen atoms in total. The summed E-state index contributed by atoms with van der Waals surface area (Å²) in [5.74, 6) is 1.66. The minimum Gasteiger partial charge on any atom is -0.460 e. The number of benzene rings is 1. The summed E-state index contributed by atoms with van der Waals surface area (Å²) in [6, 6.07) is 10.3. The van der Waals surface area contributed by atoms with E-state index in [1.807, 2.05) is 37.2 Å². The Morgan fingerprint density at radius 1 is 1.29 bits per heavy atom. The van der Waals surface area contributed by atoms with Crippen molar-refractivity contribution in [2.24, 2.45) is 0 Å². The number of piperidine rings is 1. The van der Waals surface area contributed by atoms with Gasteiger partial charge in [0.25, 0.3) is 5.56 Å². The Morgan fingerprint density at radius 3 is 2.96 bits per heavy atom. The maximum atomic E-state index is 12.6. The number of nitrogens with zero attached hydrogens (tertiary/aromatic N) is 3. The normalized spacial score (nSPS) is 22.1. The predicted molar refractivity (Wildman–Crippen MR) is 110 cm³/mol. The van der Waals surface area contributed by atoms with Crippen LogP contribution in [-0.2, 0) is 18.4 Å². The summed E-state index contributed by atoms with van der Waals surface area (Å²) in [6.45, 7) is 2.79. The van der Waals surface area contributed by atoms with Gasteiger partial charge in [-0.1, -0.05) is 18.2 Å². The van der Waals surface area contributed by atoms with Crippen LogP contribution in [0.4, 0.5) is 5.95 Å². The van der Waals surface area contributed by atoms with Gasteiger partial charge >= 0.3 is 0 Å². The number of furan rings is 1. The molecule has 2 aromatic heterocycles. The van der Waals surface area contributed by atoms with E-state index in [4.69, 9.17) is 9.40 Å². The molecule has 1 aromatic carbocycles. The van der Waals surface area contributed by atoms with Crippen molar-refractivity contribution < 1.29 is 4.42 Å². The third-order valence-electron chi connectivity index (χ3n) is 6.29. The molecule has 2 aliphatic rings. The van der Waals surface area contributed by atoms with Crippen LogP contribution in [0.5, 0.6) is 0 Å². The molecule has 1 unspecified atom stereocenters. The van der Waals surface area contributed by atoms with Gasteiger partial charge in [-0.25, -0.2) is 4.98 Å². The molecule has 1 spiro atoms. The van der Waals surface area contributed by atoms with Gasteiger partial charge in [0.05, 0.1) is 12.2 Å². The number of likely N-dealkylation sites (tertiary alicyclic amines) is 1. The summed E-state index contributed by atoms with van der Waals surface area (Å²) < 4.78 is 6.04. The van der Waals surface area contributed by atoms with Crippen LogP contribution in [0.2, 0.25) is 0 Å². The second-order valence-corrected chi connectivity index (χ2v) is 8.46. The average molecular weight is 378 g/mol. The fourth-order valence-electron chi connectivity index (χ4n) is 4.95. The molecule has 1 saturated heterocycles. The SMILES string of the molecule is CN(C)c1nc2c(c(=O)[nH]1)CCC21CCCN(Cc2cc3ccccc3o2)C1. The number of H-pyrrole nitrogens is 1. The van der Waals surface area contributed by atoms with Gasteiger partial charge in [0.1, 0.15) is 11.3 Å². The molecule has 0 bridgehead atoms. The van der Waals surface area contributed by atoms with Gasteiger partial charge in [0.2, 0.25) is 5.95 Å². The van der Waals surface area contributed by atoms with Crippen molar-refractivity contribution in [3.63, 3.8) is 0 Å². The molecule has 0 radical (unpaired) electrons. The van der Waals surface area contributed by atoms with Gasteiger partial charge in [-0.2, -0.15) is 0 Å². The lowest BCUT2D eigenvalue weighted by Gasteiger charge is -2.40. The smallest absolute Gasteiger partial charge is 0.255 e. The molecule has 146 valence electrons. The maximum Gasteiger partial charge on any atom is 0.255 e. The predicted octanol–water partition coefficient (Wildman–Crippen LogP) is 3.06. The third kappa shape index (κ3) is 2.83.